The molecule has 2 aliphatic heterocycles. The van der Waals surface area contributed by atoms with Crippen molar-refractivity contribution < 1.29 is 9.53 Å². The molecule has 2 aromatic heterocycles. The average molecular weight is 398 g/mol. The van der Waals surface area contributed by atoms with Gasteiger partial charge in [-0.05, 0) is 6.07 Å². The van der Waals surface area contributed by atoms with Gasteiger partial charge in [-0.2, -0.15) is 0 Å². The predicted molar refractivity (Wildman–Crippen MR) is 108 cm³/mol. The van der Waals surface area contributed by atoms with Crippen LogP contribution in [0.15, 0.2) is 30.9 Å². The summed E-state index contributed by atoms with van der Waals surface area (Å²) in [7, 11) is 0. The molecule has 2 aliphatic rings. The quantitative estimate of drug-likeness (QED) is 0.719. The monoisotopic (exact) mass is 398 g/mol. The molecule has 0 atom stereocenters. The summed E-state index contributed by atoms with van der Waals surface area (Å²) >= 11 is 0. The van der Waals surface area contributed by atoms with Crippen LogP contribution in [0.2, 0.25) is 0 Å². The van der Waals surface area contributed by atoms with Crippen LogP contribution in [-0.2, 0) is 4.74 Å². The van der Waals surface area contributed by atoms with Gasteiger partial charge in [0, 0.05) is 77.1 Å². The lowest BCUT2D eigenvalue weighted by Crippen LogP contribution is -2.49. The summed E-state index contributed by atoms with van der Waals surface area (Å²) in [6, 6.07) is 1.80. The van der Waals surface area contributed by atoms with E-state index in [0.717, 1.165) is 39.4 Å². The molecule has 154 valence electrons. The third-order valence-electron chi connectivity index (χ3n) is 5.12. The van der Waals surface area contributed by atoms with Crippen LogP contribution >= 0.6 is 0 Å². The molecular formula is C19H26N8O2. The summed E-state index contributed by atoms with van der Waals surface area (Å²) < 4.78 is 5.35. The van der Waals surface area contributed by atoms with Crippen molar-refractivity contribution in [2.24, 2.45) is 0 Å². The zero-order chi connectivity index (χ0) is 19.9. The lowest BCUT2D eigenvalue weighted by molar-refractivity contribution is 0.0398. The zero-order valence-corrected chi connectivity index (χ0v) is 16.4. The topological polar surface area (TPSA) is 99.6 Å². The number of nitrogens with zero attached hydrogens (tertiary/aromatic N) is 7. The number of carbonyl (C=O) groups is 1. The molecule has 1 N–H and O–H groups in total. The Bertz CT molecular complexity index is 775. The minimum atomic E-state index is -0.0431. The smallest absolute Gasteiger partial charge is 0.257 e. The Morgan fingerprint density at radius 3 is 2.34 bits per heavy atom. The highest BCUT2D eigenvalue weighted by atomic mass is 16.5. The van der Waals surface area contributed by atoms with Crippen molar-refractivity contribution in [1.29, 1.82) is 0 Å². The highest BCUT2D eigenvalue weighted by molar-refractivity contribution is 5.93. The lowest BCUT2D eigenvalue weighted by Gasteiger charge is -2.34. The largest absolute Gasteiger partial charge is 0.379 e. The number of morpholine rings is 1. The molecule has 4 heterocycles. The van der Waals surface area contributed by atoms with Crippen molar-refractivity contribution in [2.75, 3.05) is 75.8 Å². The predicted octanol–water partition coefficient (Wildman–Crippen LogP) is -0.0269. The molecular weight excluding hydrogens is 372 g/mol. The van der Waals surface area contributed by atoms with Crippen LogP contribution in [0.4, 0.5) is 11.9 Å². The minimum Gasteiger partial charge on any atom is -0.379 e. The van der Waals surface area contributed by atoms with Gasteiger partial charge in [-0.15, -0.1) is 0 Å². The second-order valence-electron chi connectivity index (χ2n) is 7.00. The molecule has 10 nitrogen and oxygen atoms in total. The molecule has 1 amide bonds. The Hall–Kier alpha value is -2.85. The van der Waals surface area contributed by atoms with Crippen molar-refractivity contribution in [3.05, 3.63) is 36.4 Å². The molecule has 4 rings (SSSR count). The molecule has 0 saturated carbocycles. The molecule has 2 fully saturated rings. The van der Waals surface area contributed by atoms with E-state index in [1.54, 1.807) is 30.9 Å². The molecule has 0 unspecified atom stereocenters. The Kier molecular flexibility index (Phi) is 6.42. The van der Waals surface area contributed by atoms with Crippen LogP contribution in [0.3, 0.4) is 0 Å². The molecule has 29 heavy (non-hydrogen) atoms. The Balaban J connectivity index is 1.24. The van der Waals surface area contributed by atoms with E-state index in [0.29, 0.717) is 43.6 Å². The van der Waals surface area contributed by atoms with Crippen molar-refractivity contribution >= 4 is 17.8 Å². The first-order valence-corrected chi connectivity index (χ1v) is 9.97. The fraction of sp³-hybridized carbons (Fsp3) is 0.526. The van der Waals surface area contributed by atoms with Gasteiger partial charge in [0.2, 0.25) is 11.9 Å². The van der Waals surface area contributed by atoms with E-state index in [9.17, 15) is 4.79 Å². The Morgan fingerprint density at radius 1 is 0.966 bits per heavy atom. The van der Waals surface area contributed by atoms with E-state index >= 15 is 0 Å². The van der Waals surface area contributed by atoms with Gasteiger partial charge in [0.15, 0.2) is 0 Å². The van der Waals surface area contributed by atoms with Gasteiger partial charge in [-0.25, -0.2) is 19.9 Å². The summed E-state index contributed by atoms with van der Waals surface area (Å²) in [4.78, 5) is 36.1. The normalized spacial score (nSPS) is 17.9. The van der Waals surface area contributed by atoms with Crippen LogP contribution in [0.25, 0.3) is 0 Å². The SMILES string of the molecule is O=C(c1cnc(NCCN2CCOCC2)nc1)N1CCN(c2ncccn2)CC1. The molecule has 0 aromatic carbocycles. The standard InChI is InChI=1S/C19H26N8O2/c28-17(26-6-8-27(9-7-26)19-21-2-1-3-22-19)16-14-23-18(24-15-16)20-4-5-25-10-12-29-13-11-25/h1-3,14-15H,4-13H2,(H,20,23,24). The summed E-state index contributed by atoms with van der Waals surface area (Å²) in [6.07, 6.45) is 6.65. The van der Waals surface area contributed by atoms with Crippen LogP contribution in [-0.4, -0.2) is 101 Å². The van der Waals surface area contributed by atoms with E-state index in [-0.39, 0.29) is 5.91 Å². The first-order valence-electron chi connectivity index (χ1n) is 9.97. The van der Waals surface area contributed by atoms with Crippen molar-refractivity contribution in [2.45, 2.75) is 0 Å². The highest BCUT2D eigenvalue weighted by Gasteiger charge is 2.23. The Labute approximate surface area is 169 Å². The van der Waals surface area contributed by atoms with Gasteiger partial charge in [-0.1, -0.05) is 0 Å². The van der Waals surface area contributed by atoms with Crippen LogP contribution in [0, 0.1) is 0 Å². The number of nitrogens with one attached hydrogen (secondary N) is 1. The number of hydrogen-bond acceptors (Lipinski definition) is 9. The third-order valence-corrected chi connectivity index (χ3v) is 5.12. The maximum atomic E-state index is 12.7. The van der Waals surface area contributed by atoms with Crippen molar-refractivity contribution in [3.63, 3.8) is 0 Å². The number of ether oxygens (including phenoxy) is 1. The van der Waals surface area contributed by atoms with E-state index in [4.69, 9.17) is 4.74 Å². The molecule has 10 heteroatoms. The second-order valence-corrected chi connectivity index (χ2v) is 7.00. The van der Waals surface area contributed by atoms with Gasteiger partial charge >= 0.3 is 0 Å². The zero-order valence-electron chi connectivity index (χ0n) is 16.4. The fourth-order valence-corrected chi connectivity index (χ4v) is 3.43. The number of hydrogen-bond donors (Lipinski definition) is 1. The molecule has 0 spiro atoms. The van der Waals surface area contributed by atoms with E-state index < -0.39 is 0 Å². The van der Waals surface area contributed by atoms with Crippen LogP contribution in [0.1, 0.15) is 10.4 Å². The summed E-state index contributed by atoms with van der Waals surface area (Å²) in [6.45, 7) is 7.83. The van der Waals surface area contributed by atoms with Gasteiger partial charge in [0.05, 0.1) is 18.8 Å². The summed E-state index contributed by atoms with van der Waals surface area (Å²) in [5, 5.41) is 3.21. The number of amides is 1. The highest BCUT2D eigenvalue weighted by Crippen LogP contribution is 2.12. The number of piperazine rings is 1. The maximum Gasteiger partial charge on any atom is 0.257 e. The summed E-state index contributed by atoms with van der Waals surface area (Å²) in [5.41, 5.74) is 0.508. The van der Waals surface area contributed by atoms with Gasteiger partial charge in [0.1, 0.15) is 0 Å². The fourth-order valence-electron chi connectivity index (χ4n) is 3.43. The lowest BCUT2D eigenvalue weighted by atomic mass is 10.2. The number of anilines is 2. The molecule has 2 saturated heterocycles. The van der Waals surface area contributed by atoms with Crippen LogP contribution in [0.5, 0.6) is 0 Å². The molecule has 2 aromatic rings. The minimum absolute atomic E-state index is 0.0431. The maximum absolute atomic E-state index is 12.7. The molecule has 0 bridgehead atoms. The second kappa shape index (κ2) is 9.57. The number of rotatable bonds is 6. The van der Waals surface area contributed by atoms with E-state index in [1.807, 2.05) is 4.90 Å². The first-order chi connectivity index (χ1) is 14.3. The van der Waals surface area contributed by atoms with Gasteiger partial charge in [0.25, 0.3) is 5.91 Å². The number of carbonyl (C=O) groups excluding carboxylic acids is 1. The van der Waals surface area contributed by atoms with Crippen LogP contribution < -0.4 is 10.2 Å². The van der Waals surface area contributed by atoms with Gasteiger partial charge in [-0.3, -0.25) is 9.69 Å². The first kappa shape index (κ1) is 19.5. The number of aromatic nitrogens is 4. The van der Waals surface area contributed by atoms with E-state index in [1.165, 1.54) is 0 Å². The molecule has 0 aliphatic carbocycles. The van der Waals surface area contributed by atoms with Crippen molar-refractivity contribution in [1.82, 2.24) is 29.7 Å². The Morgan fingerprint density at radius 2 is 1.66 bits per heavy atom. The summed E-state index contributed by atoms with van der Waals surface area (Å²) in [5.74, 6) is 1.20. The van der Waals surface area contributed by atoms with Gasteiger partial charge < -0.3 is 19.9 Å². The molecule has 0 radical (unpaired) electrons. The van der Waals surface area contributed by atoms with E-state index in [2.05, 4.69) is 35.1 Å². The average Bonchev–Trinajstić information content (AvgIpc) is 2.80. The third kappa shape index (κ3) is 5.15. The van der Waals surface area contributed by atoms with Crippen molar-refractivity contribution in [3.8, 4) is 0 Å².